The molecule has 0 heterocycles. The van der Waals surface area contributed by atoms with Gasteiger partial charge in [-0.3, -0.25) is 19.7 Å². The van der Waals surface area contributed by atoms with Crippen LogP contribution in [0.1, 0.15) is 26.3 Å². The van der Waals surface area contributed by atoms with Gasteiger partial charge in [0.25, 0.3) is 17.5 Å². The maximum absolute atomic E-state index is 12.4. The zero-order valence-corrected chi connectivity index (χ0v) is 15.5. The molecular weight excluding hydrogens is 354 g/mol. The Kier molecular flexibility index (Phi) is 6.35. The van der Waals surface area contributed by atoms with E-state index in [4.69, 9.17) is 0 Å². The smallest absolute Gasteiger partial charge is 0.282 e. The number of nitro groups is 1. The zero-order valence-electron chi connectivity index (χ0n) is 14.7. The van der Waals surface area contributed by atoms with Crippen molar-refractivity contribution in [2.75, 3.05) is 20.4 Å². The van der Waals surface area contributed by atoms with Crippen molar-refractivity contribution in [3.05, 3.63) is 69.3 Å². The van der Waals surface area contributed by atoms with Crippen LogP contribution in [0.4, 0.5) is 5.69 Å². The maximum atomic E-state index is 12.4. The molecule has 0 aliphatic carbocycles. The number of carbonyl (C=O) groups is 2. The lowest BCUT2D eigenvalue weighted by Gasteiger charge is -2.11. The fourth-order valence-electron chi connectivity index (χ4n) is 2.28. The van der Waals surface area contributed by atoms with Crippen molar-refractivity contribution >= 4 is 29.3 Å². The van der Waals surface area contributed by atoms with E-state index in [-0.39, 0.29) is 23.7 Å². The second-order valence-electron chi connectivity index (χ2n) is 5.72. The highest BCUT2D eigenvalue weighted by atomic mass is 32.2. The molecule has 0 radical (unpaired) electrons. The maximum Gasteiger partial charge on any atom is 0.282 e. The number of thioether (sulfide) groups is 1. The third kappa shape index (κ3) is 4.60. The van der Waals surface area contributed by atoms with Crippen molar-refractivity contribution in [3.8, 4) is 0 Å². The number of hydrogen-bond donors (Lipinski definition) is 1. The molecule has 0 fully saturated rings. The van der Waals surface area contributed by atoms with Gasteiger partial charge in [0.05, 0.1) is 4.92 Å². The molecule has 2 amide bonds. The molecule has 0 bridgehead atoms. The first-order valence-electron chi connectivity index (χ1n) is 7.74. The van der Waals surface area contributed by atoms with Crippen LogP contribution in [-0.4, -0.2) is 42.0 Å². The Balaban J connectivity index is 2.11. The number of nitro benzene ring substituents is 1. The van der Waals surface area contributed by atoms with Crippen LogP contribution in [0, 0.1) is 10.1 Å². The summed E-state index contributed by atoms with van der Waals surface area (Å²) in [5, 5.41) is 13.8. The molecular formula is C18H19N3O4S. The Labute approximate surface area is 155 Å². The van der Waals surface area contributed by atoms with Crippen molar-refractivity contribution in [1.82, 2.24) is 10.2 Å². The Bertz CT molecular complexity index is 835. The number of nitrogens with zero attached hydrogens (tertiary/aromatic N) is 2. The molecule has 0 atom stereocenters. The molecule has 2 rings (SSSR count). The second-order valence-corrected chi connectivity index (χ2v) is 6.60. The van der Waals surface area contributed by atoms with Crippen molar-refractivity contribution in [3.63, 3.8) is 0 Å². The third-order valence-electron chi connectivity index (χ3n) is 3.71. The Morgan fingerprint density at radius 3 is 2.35 bits per heavy atom. The van der Waals surface area contributed by atoms with Gasteiger partial charge >= 0.3 is 0 Å². The SMILES string of the molecule is CSc1ccc([N+](=O)[O-])c(C(=O)NCc2ccc(C(=O)N(C)C)cc2)c1. The highest BCUT2D eigenvalue weighted by Crippen LogP contribution is 2.24. The van der Waals surface area contributed by atoms with Gasteiger partial charge in [-0.25, -0.2) is 0 Å². The molecule has 0 aliphatic heterocycles. The van der Waals surface area contributed by atoms with E-state index in [0.717, 1.165) is 10.5 Å². The van der Waals surface area contributed by atoms with Gasteiger partial charge in [-0.1, -0.05) is 12.1 Å². The standard InChI is InChI=1S/C18H19N3O4S/c1-20(2)18(23)13-6-4-12(5-7-13)11-19-17(22)15-10-14(26-3)8-9-16(15)21(24)25/h4-10H,11H2,1-3H3,(H,19,22). The average molecular weight is 373 g/mol. The number of carbonyl (C=O) groups excluding carboxylic acids is 2. The van der Waals surface area contributed by atoms with Crippen LogP contribution in [0.25, 0.3) is 0 Å². The van der Waals surface area contributed by atoms with E-state index in [1.54, 1.807) is 44.4 Å². The lowest BCUT2D eigenvalue weighted by molar-refractivity contribution is -0.385. The van der Waals surface area contributed by atoms with Gasteiger partial charge in [-0.15, -0.1) is 11.8 Å². The summed E-state index contributed by atoms with van der Waals surface area (Å²) in [6.07, 6.45) is 1.83. The van der Waals surface area contributed by atoms with Crippen LogP contribution >= 0.6 is 11.8 Å². The first kappa shape index (κ1) is 19.5. The molecule has 0 aromatic heterocycles. The molecule has 2 aromatic rings. The molecule has 136 valence electrons. The van der Waals surface area contributed by atoms with Gasteiger partial charge in [0, 0.05) is 37.2 Å². The predicted octanol–water partition coefficient (Wildman–Crippen LogP) is 2.95. The topological polar surface area (TPSA) is 92.5 Å². The van der Waals surface area contributed by atoms with Crippen LogP contribution in [0.2, 0.25) is 0 Å². The average Bonchev–Trinajstić information content (AvgIpc) is 2.65. The van der Waals surface area contributed by atoms with E-state index in [1.165, 1.54) is 28.8 Å². The molecule has 0 spiro atoms. The van der Waals surface area contributed by atoms with Gasteiger partial charge in [0.1, 0.15) is 5.56 Å². The highest BCUT2D eigenvalue weighted by Gasteiger charge is 2.20. The molecule has 2 aromatic carbocycles. The van der Waals surface area contributed by atoms with Gasteiger partial charge in [0.2, 0.25) is 0 Å². The summed E-state index contributed by atoms with van der Waals surface area (Å²) >= 11 is 1.40. The van der Waals surface area contributed by atoms with Crippen molar-refractivity contribution in [1.29, 1.82) is 0 Å². The van der Waals surface area contributed by atoms with Crippen LogP contribution < -0.4 is 5.32 Å². The Hall–Kier alpha value is -2.87. The molecule has 7 nitrogen and oxygen atoms in total. The lowest BCUT2D eigenvalue weighted by Crippen LogP contribution is -2.24. The predicted molar refractivity (Wildman–Crippen MR) is 101 cm³/mol. The van der Waals surface area contributed by atoms with Gasteiger partial charge in [-0.05, 0) is 36.1 Å². The summed E-state index contributed by atoms with van der Waals surface area (Å²) in [4.78, 5) is 37.1. The van der Waals surface area contributed by atoms with Crippen molar-refractivity contribution < 1.29 is 14.5 Å². The zero-order chi connectivity index (χ0) is 19.3. The molecule has 0 aliphatic rings. The molecule has 0 saturated heterocycles. The summed E-state index contributed by atoms with van der Waals surface area (Å²) in [6.45, 7) is 0.204. The van der Waals surface area contributed by atoms with E-state index in [1.807, 2.05) is 6.26 Å². The van der Waals surface area contributed by atoms with E-state index < -0.39 is 10.8 Å². The summed E-state index contributed by atoms with van der Waals surface area (Å²) < 4.78 is 0. The van der Waals surface area contributed by atoms with Gasteiger partial charge in [0.15, 0.2) is 0 Å². The van der Waals surface area contributed by atoms with E-state index >= 15 is 0 Å². The number of rotatable bonds is 6. The highest BCUT2D eigenvalue weighted by molar-refractivity contribution is 7.98. The van der Waals surface area contributed by atoms with Crippen molar-refractivity contribution in [2.24, 2.45) is 0 Å². The molecule has 0 saturated carbocycles. The Morgan fingerprint density at radius 2 is 1.81 bits per heavy atom. The monoisotopic (exact) mass is 373 g/mol. The molecule has 26 heavy (non-hydrogen) atoms. The van der Waals surface area contributed by atoms with Crippen molar-refractivity contribution in [2.45, 2.75) is 11.4 Å². The van der Waals surface area contributed by atoms with Gasteiger partial charge in [-0.2, -0.15) is 0 Å². The van der Waals surface area contributed by atoms with E-state index in [0.29, 0.717) is 5.56 Å². The largest absolute Gasteiger partial charge is 0.348 e. The van der Waals surface area contributed by atoms with E-state index in [2.05, 4.69) is 5.32 Å². The number of benzene rings is 2. The number of amides is 2. The number of nitrogens with one attached hydrogen (secondary N) is 1. The molecule has 1 N–H and O–H groups in total. The normalized spacial score (nSPS) is 10.3. The fraction of sp³-hybridized carbons (Fsp3) is 0.222. The van der Waals surface area contributed by atoms with Crippen LogP contribution in [0.3, 0.4) is 0 Å². The summed E-state index contributed by atoms with van der Waals surface area (Å²) in [7, 11) is 3.35. The quantitative estimate of drug-likeness (QED) is 0.477. The minimum Gasteiger partial charge on any atom is -0.348 e. The summed E-state index contributed by atoms with van der Waals surface area (Å²) in [6, 6.07) is 11.3. The minimum atomic E-state index is -0.569. The summed E-state index contributed by atoms with van der Waals surface area (Å²) in [5.41, 5.74) is 1.14. The molecule has 8 heteroatoms. The van der Waals surface area contributed by atoms with Crippen LogP contribution in [0.5, 0.6) is 0 Å². The Morgan fingerprint density at radius 1 is 1.15 bits per heavy atom. The number of hydrogen-bond acceptors (Lipinski definition) is 5. The summed E-state index contributed by atoms with van der Waals surface area (Å²) in [5.74, 6) is -0.619. The third-order valence-corrected chi connectivity index (χ3v) is 4.43. The minimum absolute atomic E-state index is 0.0289. The van der Waals surface area contributed by atoms with Crippen LogP contribution in [0.15, 0.2) is 47.4 Å². The molecule has 0 unspecified atom stereocenters. The first-order valence-corrected chi connectivity index (χ1v) is 8.97. The lowest BCUT2D eigenvalue weighted by atomic mass is 10.1. The van der Waals surface area contributed by atoms with E-state index in [9.17, 15) is 19.7 Å². The van der Waals surface area contributed by atoms with Gasteiger partial charge < -0.3 is 10.2 Å². The van der Waals surface area contributed by atoms with Crippen LogP contribution in [-0.2, 0) is 6.54 Å². The first-order chi connectivity index (χ1) is 12.3. The second kappa shape index (κ2) is 8.48. The fourth-order valence-corrected chi connectivity index (χ4v) is 2.72.